The summed E-state index contributed by atoms with van der Waals surface area (Å²) in [5.74, 6) is 0. The van der Waals surface area contributed by atoms with Crippen LogP contribution in [0.1, 0.15) is 33.6 Å². The summed E-state index contributed by atoms with van der Waals surface area (Å²) < 4.78 is 5.48. The Bertz CT molecular complexity index is 184. The lowest BCUT2D eigenvalue weighted by Gasteiger charge is -2.02. The summed E-state index contributed by atoms with van der Waals surface area (Å²) in [6, 6.07) is 0. The zero-order chi connectivity index (χ0) is 9.19. The van der Waals surface area contributed by atoms with Crippen molar-refractivity contribution in [3.63, 3.8) is 0 Å². The maximum absolute atomic E-state index is 5.50. The molecule has 0 aliphatic carbocycles. The first-order valence-corrected chi connectivity index (χ1v) is 4.60. The van der Waals surface area contributed by atoms with Crippen molar-refractivity contribution in [2.45, 2.75) is 45.3 Å². The predicted octanol–water partition coefficient (Wildman–Crippen LogP) is 1.85. The van der Waals surface area contributed by atoms with Gasteiger partial charge in [0.1, 0.15) is 0 Å². The van der Waals surface area contributed by atoms with E-state index in [1.807, 2.05) is 0 Å². The van der Waals surface area contributed by atoms with E-state index in [1.165, 1.54) is 5.57 Å². The molecule has 2 unspecified atom stereocenters. The van der Waals surface area contributed by atoms with Crippen LogP contribution in [0.25, 0.3) is 0 Å². The standard InChI is InChI=1S/C10H19NO/c1-8(2)5-4-6-10(3)9(7-11)12-10/h5,9H,4,6-7,11H2,1-3H3. The minimum absolute atomic E-state index is 0.0840. The monoisotopic (exact) mass is 169 g/mol. The summed E-state index contributed by atoms with van der Waals surface area (Å²) in [5.41, 5.74) is 6.96. The van der Waals surface area contributed by atoms with E-state index in [0.717, 1.165) is 12.8 Å². The van der Waals surface area contributed by atoms with Crippen LogP contribution in [-0.4, -0.2) is 18.2 Å². The fraction of sp³-hybridized carbons (Fsp3) is 0.800. The third-order valence-electron chi connectivity index (χ3n) is 2.44. The van der Waals surface area contributed by atoms with Crippen LogP contribution in [0.2, 0.25) is 0 Å². The zero-order valence-corrected chi connectivity index (χ0v) is 8.26. The van der Waals surface area contributed by atoms with Crippen molar-refractivity contribution in [3.05, 3.63) is 11.6 Å². The summed E-state index contributed by atoms with van der Waals surface area (Å²) in [7, 11) is 0. The SMILES string of the molecule is CC(C)=CCCC1(C)OC1CN. The van der Waals surface area contributed by atoms with Crippen molar-refractivity contribution in [2.75, 3.05) is 6.54 Å². The summed E-state index contributed by atoms with van der Waals surface area (Å²) in [5, 5.41) is 0. The van der Waals surface area contributed by atoms with Gasteiger partial charge in [0.25, 0.3) is 0 Å². The Balaban J connectivity index is 2.21. The third kappa shape index (κ3) is 2.32. The van der Waals surface area contributed by atoms with Crippen molar-refractivity contribution < 1.29 is 4.74 Å². The molecule has 0 spiro atoms. The van der Waals surface area contributed by atoms with E-state index < -0.39 is 0 Å². The van der Waals surface area contributed by atoms with Crippen molar-refractivity contribution in [1.82, 2.24) is 0 Å². The lowest BCUT2D eigenvalue weighted by Crippen LogP contribution is -2.17. The van der Waals surface area contributed by atoms with Gasteiger partial charge in [0, 0.05) is 6.54 Å². The Morgan fingerprint density at radius 3 is 2.67 bits per heavy atom. The van der Waals surface area contributed by atoms with Crippen LogP contribution >= 0.6 is 0 Å². The molecule has 2 heteroatoms. The molecular formula is C10H19NO. The Hall–Kier alpha value is -0.340. The zero-order valence-electron chi connectivity index (χ0n) is 8.26. The first kappa shape index (κ1) is 9.75. The minimum Gasteiger partial charge on any atom is -0.365 e. The highest BCUT2D eigenvalue weighted by molar-refractivity contribution is 5.02. The van der Waals surface area contributed by atoms with Gasteiger partial charge in [-0.15, -0.1) is 0 Å². The fourth-order valence-corrected chi connectivity index (χ4v) is 1.46. The highest BCUT2D eigenvalue weighted by Crippen LogP contribution is 2.39. The van der Waals surface area contributed by atoms with Crippen LogP contribution in [0.15, 0.2) is 11.6 Å². The van der Waals surface area contributed by atoms with E-state index in [2.05, 4.69) is 26.8 Å². The van der Waals surface area contributed by atoms with E-state index in [0.29, 0.717) is 12.6 Å². The average molecular weight is 169 g/mol. The molecule has 2 nitrogen and oxygen atoms in total. The number of allylic oxidation sites excluding steroid dienone is 2. The van der Waals surface area contributed by atoms with Crippen LogP contribution < -0.4 is 5.73 Å². The molecule has 1 fully saturated rings. The summed E-state index contributed by atoms with van der Waals surface area (Å²) in [6.07, 6.45) is 4.76. The molecule has 0 radical (unpaired) electrons. The largest absolute Gasteiger partial charge is 0.365 e. The van der Waals surface area contributed by atoms with Gasteiger partial charge in [-0.1, -0.05) is 11.6 Å². The average Bonchev–Trinajstić information content (AvgIpc) is 2.61. The topological polar surface area (TPSA) is 38.5 Å². The van der Waals surface area contributed by atoms with Crippen molar-refractivity contribution in [3.8, 4) is 0 Å². The number of hydrogen-bond donors (Lipinski definition) is 1. The second kappa shape index (κ2) is 3.58. The predicted molar refractivity (Wildman–Crippen MR) is 51.0 cm³/mol. The first-order valence-electron chi connectivity index (χ1n) is 4.60. The summed E-state index contributed by atoms with van der Waals surface area (Å²) in [6.45, 7) is 7.04. The van der Waals surface area contributed by atoms with Gasteiger partial charge in [0.15, 0.2) is 0 Å². The Morgan fingerprint density at radius 2 is 2.25 bits per heavy atom. The molecule has 1 heterocycles. The van der Waals surface area contributed by atoms with Gasteiger partial charge in [-0.05, 0) is 33.6 Å². The van der Waals surface area contributed by atoms with Crippen LogP contribution in [0.3, 0.4) is 0 Å². The molecule has 1 saturated heterocycles. The van der Waals surface area contributed by atoms with E-state index >= 15 is 0 Å². The van der Waals surface area contributed by atoms with Gasteiger partial charge in [-0.25, -0.2) is 0 Å². The van der Waals surface area contributed by atoms with Crippen LogP contribution in [0.4, 0.5) is 0 Å². The number of epoxide rings is 1. The molecule has 2 N–H and O–H groups in total. The van der Waals surface area contributed by atoms with Gasteiger partial charge in [0.05, 0.1) is 11.7 Å². The first-order chi connectivity index (χ1) is 5.58. The Kier molecular flexibility index (Phi) is 2.91. The molecule has 0 amide bonds. The quantitative estimate of drug-likeness (QED) is 0.515. The van der Waals surface area contributed by atoms with E-state index in [9.17, 15) is 0 Å². The third-order valence-corrected chi connectivity index (χ3v) is 2.44. The summed E-state index contributed by atoms with van der Waals surface area (Å²) >= 11 is 0. The molecule has 0 aromatic carbocycles. The van der Waals surface area contributed by atoms with Gasteiger partial charge in [0.2, 0.25) is 0 Å². The lowest BCUT2D eigenvalue weighted by atomic mass is 10.0. The van der Waals surface area contributed by atoms with Crippen molar-refractivity contribution in [1.29, 1.82) is 0 Å². The second-order valence-electron chi connectivity index (χ2n) is 3.98. The smallest absolute Gasteiger partial charge is 0.0992 e. The summed E-state index contributed by atoms with van der Waals surface area (Å²) in [4.78, 5) is 0. The van der Waals surface area contributed by atoms with E-state index in [1.54, 1.807) is 0 Å². The normalized spacial score (nSPS) is 33.2. The highest BCUT2D eigenvalue weighted by atomic mass is 16.6. The van der Waals surface area contributed by atoms with Crippen LogP contribution in [0.5, 0.6) is 0 Å². The van der Waals surface area contributed by atoms with Crippen molar-refractivity contribution >= 4 is 0 Å². The molecular weight excluding hydrogens is 150 g/mol. The Morgan fingerprint density at radius 1 is 1.58 bits per heavy atom. The van der Waals surface area contributed by atoms with Crippen LogP contribution in [0, 0.1) is 0 Å². The van der Waals surface area contributed by atoms with E-state index in [-0.39, 0.29) is 5.60 Å². The molecule has 1 aliphatic heterocycles. The lowest BCUT2D eigenvalue weighted by molar-refractivity contribution is 0.298. The van der Waals surface area contributed by atoms with Gasteiger partial charge >= 0.3 is 0 Å². The molecule has 0 saturated carbocycles. The highest BCUT2D eigenvalue weighted by Gasteiger charge is 2.50. The molecule has 2 atom stereocenters. The molecule has 12 heavy (non-hydrogen) atoms. The Labute approximate surface area is 74.8 Å². The molecule has 70 valence electrons. The van der Waals surface area contributed by atoms with Gasteiger partial charge in [-0.2, -0.15) is 0 Å². The number of hydrogen-bond acceptors (Lipinski definition) is 2. The molecule has 1 aliphatic rings. The van der Waals surface area contributed by atoms with Gasteiger partial charge in [-0.3, -0.25) is 0 Å². The van der Waals surface area contributed by atoms with Crippen LogP contribution in [-0.2, 0) is 4.74 Å². The van der Waals surface area contributed by atoms with Gasteiger partial charge < -0.3 is 10.5 Å². The maximum Gasteiger partial charge on any atom is 0.0992 e. The number of ether oxygens (including phenoxy) is 1. The van der Waals surface area contributed by atoms with E-state index in [4.69, 9.17) is 10.5 Å². The number of nitrogens with two attached hydrogens (primary N) is 1. The molecule has 0 bridgehead atoms. The fourth-order valence-electron chi connectivity index (χ4n) is 1.46. The molecule has 1 rings (SSSR count). The molecule has 0 aromatic rings. The molecule has 0 aromatic heterocycles. The second-order valence-corrected chi connectivity index (χ2v) is 3.98. The minimum atomic E-state index is 0.0840. The van der Waals surface area contributed by atoms with Crippen molar-refractivity contribution in [2.24, 2.45) is 5.73 Å². The maximum atomic E-state index is 5.50. The number of rotatable bonds is 4.